The Morgan fingerprint density at radius 2 is 2.56 bits per heavy atom. The fourth-order valence-corrected chi connectivity index (χ4v) is 0.743. The quantitative estimate of drug-likeness (QED) is 0.561. The van der Waals surface area contributed by atoms with E-state index in [-0.39, 0.29) is 0 Å². The van der Waals surface area contributed by atoms with Crippen LogP contribution in [0.25, 0.3) is 0 Å². The Kier molecular flexibility index (Phi) is 1.68. The predicted octanol–water partition coefficient (Wildman–Crippen LogP) is 1.65. The van der Waals surface area contributed by atoms with Gasteiger partial charge in [-0.05, 0) is 12.5 Å². The second-order valence-corrected chi connectivity index (χ2v) is 1.78. The first kappa shape index (κ1) is 6.08. The van der Waals surface area contributed by atoms with Gasteiger partial charge in [0.15, 0.2) is 12.0 Å². The summed E-state index contributed by atoms with van der Waals surface area (Å²) < 4.78 is 4.84. The maximum Gasteiger partial charge on any atom is 0.185 e. The minimum atomic E-state index is 0.456. The van der Waals surface area contributed by atoms with Crippen molar-refractivity contribution in [1.29, 1.82) is 0 Å². The van der Waals surface area contributed by atoms with E-state index < -0.39 is 0 Å². The molecule has 0 aromatic carbocycles. The van der Waals surface area contributed by atoms with Crippen molar-refractivity contribution in [2.45, 2.75) is 13.3 Å². The SMILES string of the molecule is CCc1ccoc1C=O. The van der Waals surface area contributed by atoms with Gasteiger partial charge in [0.05, 0.1) is 6.26 Å². The fraction of sp³-hybridized carbons (Fsp3) is 0.286. The third-order valence-electron chi connectivity index (χ3n) is 1.27. The molecule has 0 aliphatic rings. The summed E-state index contributed by atoms with van der Waals surface area (Å²) in [6.07, 6.45) is 3.12. The lowest BCUT2D eigenvalue weighted by molar-refractivity contribution is 0.109. The zero-order valence-corrected chi connectivity index (χ0v) is 5.26. The number of hydrogen-bond acceptors (Lipinski definition) is 2. The summed E-state index contributed by atoms with van der Waals surface area (Å²) in [6, 6.07) is 1.81. The second-order valence-electron chi connectivity index (χ2n) is 1.78. The highest BCUT2D eigenvalue weighted by Crippen LogP contribution is 2.07. The third kappa shape index (κ3) is 1.02. The number of hydrogen-bond donors (Lipinski definition) is 0. The molecule has 0 aliphatic carbocycles. The molecule has 0 unspecified atom stereocenters. The average molecular weight is 124 g/mol. The summed E-state index contributed by atoms with van der Waals surface area (Å²) in [7, 11) is 0. The van der Waals surface area contributed by atoms with E-state index in [0.29, 0.717) is 5.76 Å². The minimum Gasteiger partial charge on any atom is -0.461 e. The van der Waals surface area contributed by atoms with Crippen LogP contribution in [0.2, 0.25) is 0 Å². The molecular weight excluding hydrogens is 116 g/mol. The molecule has 1 aromatic heterocycles. The van der Waals surface area contributed by atoms with Crippen molar-refractivity contribution in [3.63, 3.8) is 0 Å². The van der Waals surface area contributed by atoms with Gasteiger partial charge >= 0.3 is 0 Å². The molecule has 0 saturated heterocycles. The molecule has 2 heteroatoms. The van der Waals surface area contributed by atoms with Gasteiger partial charge in [-0.1, -0.05) is 6.92 Å². The first-order valence-electron chi connectivity index (χ1n) is 2.90. The largest absolute Gasteiger partial charge is 0.461 e. The zero-order chi connectivity index (χ0) is 6.69. The van der Waals surface area contributed by atoms with Crippen molar-refractivity contribution in [2.24, 2.45) is 0 Å². The van der Waals surface area contributed by atoms with Gasteiger partial charge in [-0.15, -0.1) is 0 Å². The summed E-state index contributed by atoms with van der Waals surface area (Å²) in [6.45, 7) is 1.98. The van der Waals surface area contributed by atoms with Crippen molar-refractivity contribution in [1.82, 2.24) is 0 Å². The number of aldehydes is 1. The number of carbonyl (C=O) groups excluding carboxylic acids is 1. The molecule has 1 heterocycles. The fourth-order valence-electron chi connectivity index (χ4n) is 0.743. The molecule has 0 aliphatic heterocycles. The van der Waals surface area contributed by atoms with Gasteiger partial charge in [0, 0.05) is 5.56 Å². The smallest absolute Gasteiger partial charge is 0.185 e. The van der Waals surface area contributed by atoms with Gasteiger partial charge in [-0.3, -0.25) is 4.79 Å². The Bertz CT molecular complexity index is 200. The van der Waals surface area contributed by atoms with Crippen molar-refractivity contribution >= 4 is 6.29 Å². The van der Waals surface area contributed by atoms with E-state index in [0.717, 1.165) is 18.3 Å². The Hall–Kier alpha value is -1.05. The molecule has 1 aromatic rings. The van der Waals surface area contributed by atoms with Crippen molar-refractivity contribution in [3.05, 3.63) is 23.7 Å². The lowest BCUT2D eigenvalue weighted by atomic mass is 10.2. The normalized spacial score (nSPS) is 9.44. The Morgan fingerprint density at radius 1 is 1.78 bits per heavy atom. The monoisotopic (exact) mass is 124 g/mol. The van der Waals surface area contributed by atoms with Gasteiger partial charge < -0.3 is 4.42 Å². The molecule has 0 fully saturated rings. The van der Waals surface area contributed by atoms with Crippen LogP contribution in [0.1, 0.15) is 23.0 Å². The maximum atomic E-state index is 10.2. The van der Waals surface area contributed by atoms with E-state index in [1.54, 1.807) is 0 Å². The van der Waals surface area contributed by atoms with Crippen molar-refractivity contribution in [2.75, 3.05) is 0 Å². The highest BCUT2D eigenvalue weighted by Gasteiger charge is 1.99. The molecule has 48 valence electrons. The lowest BCUT2D eigenvalue weighted by Gasteiger charge is -1.85. The molecule has 0 amide bonds. The van der Waals surface area contributed by atoms with Crippen LogP contribution < -0.4 is 0 Å². The summed E-state index contributed by atoms with van der Waals surface area (Å²) >= 11 is 0. The average Bonchev–Trinajstić information content (AvgIpc) is 2.33. The number of aryl methyl sites for hydroxylation is 1. The van der Waals surface area contributed by atoms with Crippen LogP contribution in [0.4, 0.5) is 0 Å². The first-order valence-corrected chi connectivity index (χ1v) is 2.90. The topological polar surface area (TPSA) is 30.2 Å². The molecular formula is C7H8O2. The summed E-state index contributed by atoms with van der Waals surface area (Å²) in [4.78, 5) is 10.2. The summed E-state index contributed by atoms with van der Waals surface area (Å²) in [5.74, 6) is 0.456. The van der Waals surface area contributed by atoms with Crippen LogP contribution in [0.3, 0.4) is 0 Å². The summed E-state index contributed by atoms with van der Waals surface area (Å²) in [5.41, 5.74) is 0.977. The van der Waals surface area contributed by atoms with Gasteiger partial charge in [0.2, 0.25) is 0 Å². The van der Waals surface area contributed by atoms with Crippen LogP contribution in [-0.4, -0.2) is 6.29 Å². The zero-order valence-electron chi connectivity index (χ0n) is 5.26. The molecule has 0 spiro atoms. The Morgan fingerprint density at radius 3 is 3.00 bits per heavy atom. The molecule has 9 heavy (non-hydrogen) atoms. The molecule has 0 radical (unpaired) electrons. The highest BCUT2D eigenvalue weighted by molar-refractivity contribution is 5.72. The van der Waals surface area contributed by atoms with Crippen LogP contribution in [0, 0.1) is 0 Å². The van der Waals surface area contributed by atoms with Crippen LogP contribution in [0.5, 0.6) is 0 Å². The van der Waals surface area contributed by atoms with Gasteiger partial charge in [0.25, 0.3) is 0 Å². The second kappa shape index (κ2) is 2.49. The standard InChI is InChI=1S/C7H8O2/c1-2-6-3-4-9-7(6)5-8/h3-5H,2H2,1H3. The predicted molar refractivity (Wildman–Crippen MR) is 33.5 cm³/mol. The molecule has 0 bridgehead atoms. The molecule has 1 rings (SSSR count). The van der Waals surface area contributed by atoms with Crippen LogP contribution in [-0.2, 0) is 6.42 Å². The van der Waals surface area contributed by atoms with E-state index >= 15 is 0 Å². The van der Waals surface area contributed by atoms with Crippen molar-refractivity contribution < 1.29 is 9.21 Å². The Balaban J connectivity index is 2.98. The van der Waals surface area contributed by atoms with E-state index in [1.807, 2.05) is 13.0 Å². The van der Waals surface area contributed by atoms with Crippen LogP contribution >= 0.6 is 0 Å². The minimum absolute atomic E-state index is 0.456. The van der Waals surface area contributed by atoms with Crippen LogP contribution in [0.15, 0.2) is 16.7 Å². The van der Waals surface area contributed by atoms with Gasteiger partial charge in [-0.25, -0.2) is 0 Å². The van der Waals surface area contributed by atoms with E-state index in [4.69, 9.17) is 4.42 Å². The molecule has 0 saturated carbocycles. The number of furan rings is 1. The van der Waals surface area contributed by atoms with E-state index in [2.05, 4.69) is 0 Å². The van der Waals surface area contributed by atoms with E-state index in [9.17, 15) is 4.79 Å². The Labute approximate surface area is 53.5 Å². The maximum absolute atomic E-state index is 10.2. The van der Waals surface area contributed by atoms with E-state index in [1.165, 1.54) is 6.26 Å². The molecule has 0 N–H and O–H groups in total. The lowest BCUT2D eigenvalue weighted by Crippen LogP contribution is -1.81. The molecule has 2 nitrogen and oxygen atoms in total. The first-order chi connectivity index (χ1) is 4.38. The third-order valence-corrected chi connectivity index (χ3v) is 1.27. The highest BCUT2D eigenvalue weighted by atomic mass is 16.3. The number of rotatable bonds is 2. The van der Waals surface area contributed by atoms with Gasteiger partial charge in [-0.2, -0.15) is 0 Å². The number of carbonyl (C=O) groups is 1. The van der Waals surface area contributed by atoms with Crippen molar-refractivity contribution in [3.8, 4) is 0 Å². The summed E-state index contributed by atoms with van der Waals surface area (Å²) in [5, 5.41) is 0. The van der Waals surface area contributed by atoms with Gasteiger partial charge in [0.1, 0.15) is 0 Å². The molecule has 0 atom stereocenters.